The van der Waals surface area contributed by atoms with Crippen LogP contribution < -0.4 is 0 Å². The van der Waals surface area contributed by atoms with E-state index in [0.717, 1.165) is 31.0 Å². The number of hydrogen-bond donors (Lipinski definition) is 1. The van der Waals surface area contributed by atoms with Gasteiger partial charge in [-0.15, -0.1) is 0 Å². The van der Waals surface area contributed by atoms with Crippen molar-refractivity contribution in [1.29, 1.82) is 0 Å². The number of aliphatic hydroxyl groups is 1. The summed E-state index contributed by atoms with van der Waals surface area (Å²) in [7, 11) is -1.83. The third kappa shape index (κ3) is 3.98. The second-order valence-electron chi connectivity index (χ2n) is 4.79. The molecule has 0 rings (SSSR count). The molecule has 0 spiro atoms. The zero-order chi connectivity index (χ0) is 13.5. The van der Waals surface area contributed by atoms with Gasteiger partial charge in [0.1, 0.15) is 13.5 Å². The highest BCUT2D eigenvalue weighted by atomic mass is 28.3. The summed E-state index contributed by atoms with van der Waals surface area (Å²) in [4.78, 5) is 12.3. The van der Waals surface area contributed by atoms with Gasteiger partial charge in [0.25, 0.3) is 0 Å². The number of hydrogen-bond acceptors (Lipinski definition) is 2. The van der Waals surface area contributed by atoms with Crippen LogP contribution in [0.25, 0.3) is 0 Å². The van der Waals surface area contributed by atoms with Crippen LogP contribution in [0.3, 0.4) is 0 Å². The maximum Gasteiger partial charge on any atom is 0.137 e. The summed E-state index contributed by atoms with van der Waals surface area (Å²) in [5.41, 5.74) is 0. The molecular formula is C14H28O2Si. The number of rotatable bonds is 8. The molecule has 0 radical (unpaired) electrons. The van der Waals surface area contributed by atoms with E-state index in [1.54, 1.807) is 6.08 Å². The van der Waals surface area contributed by atoms with Crippen LogP contribution in [0.15, 0.2) is 11.8 Å². The predicted molar refractivity (Wildman–Crippen MR) is 77.0 cm³/mol. The van der Waals surface area contributed by atoms with E-state index in [1.165, 1.54) is 0 Å². The summed E-state index contributed by atoms with van der Waals surface area (Å²) in [6.45, 7) is 10.4. The summed E-state index contributed by atoms with van der Waals surface area (Å²) < 4.78 is 0. The fourth-order valence-corrected chi connectivity index (χ4v) is 5.38. The van der Waals surface area contributed by atoms with Gasteiger partial charge in [-0.2, -0.15) is 0 Å². The van der Waals surface area contributed by atoms with E-state index in [-0.39, 0.29) is 11.3 Å². The third-order valence-corrected chi connectivity index (χ3v) is 9.49. The first-order valence-electron chi connectivity index (χ1n) is 6.96. The first-order chi connectivity index (χ1) is 8.01. The lowest BCUT2D eigenvalue weighted by Gasteiger charge is -2.24. The molecule has 0 saturated heterocycles. The van der Waals surface area contributed by atoms with Gasteiger partial charge < -0.3 is 9.90 Å². The topological polar surface area (TPSA) is 37.3 Å². The molecular weight excluding hydrogens is 228 g/mol. The molecule has 100 valence electrons. The molecule has 3 heteroatoms. The number of aliphatic hydroxyl groups excluding tert-OH is 1. The highest BCUT2D eigenvalue weighted by molar-refractivity contribution is 7.07. The molecule has 0 amide bonds. The van der Waals surface area contributed by atoms with Crippen LogP contribution in [-0.2, 0) is 4.79 Å². The van der Waals surface area contributed by atoms with Gasteiger partial charge in [-0.05, 0) is 12.8 Å². The molecule has 0 atom stereocenters. The molecule has 0 aliphatic carbocycles. The average molecular weight is 256 g/mol. The highest BCUT2D eigenvalue weighted by Gasteiger charge is 2.34. The van der Waals surface area contributed by atoms with E-state index in [1.807, 2.05) is 13.8 Å². The Morgan fingerprint density at radius 2 is 1.47 bits per heavy atom. The Labute approximate surface area is 107 Å². The monoisotopic (exact) mass is 256 g/mol. The number of carbonyl (C=O) groups is 1. The Hall–Kier alpha value is -0.573. The summed E-state index contributed by atoms with van der Waals surface area (Å²) in [5, 5.41) is 10.2. The van der Waals surface area contributed by atoms with E-state index in [9.17, 15) is 9.90 Å². The lowest BCUT2D eigenvalue weighted by molar-refractivity contribution is -0.109. The van der Waals surface area contributed by atoms with Crippen molar-refractivity contribution in [2.24, 2.45) is 5.92 Å². The molecule has 0 saturated carbocycles. The molecule has 0 bridgehead atoms. The Morgan fingerprint density at radius 1 is 1.06 bits per heavy atom. The lowest BCUT2D eigenvalue weighted by atomic mass is 10.0. The molecule has 0 fully saturated rings. The average Bonchev–Trinajstić information content (AvgIpc) is 2.33. The first-order valence-corrected chi connectivity index (χ1v) is 9.58. The second kappa shape index (κ2) is 7.70. The van der Waals surface area contributed by atoms with Gasteiger partial charge in [0.15, 0.2) is 0 Å². The maximum absolute atomic E-state index is 12.3. The van der Waals surface area contributed by atoms with Crippen molar-refractivity contribution in [3.8, 4) is 0 Å². The Morgan fingerprint density at radius 3 is 1.76 bits per heavy atom. The quantitative estimate of drug-likeness (QED) is 0.395. The lowest BCUT2D eigenvalue weighted by Crippen LogP contribution is -2.41. The van der Waals surface area contributed by atoms with Gasteiger partial charge >= 0.3 is 0 Å². The minimum atomic E-state index is -1.83. The van der Waals surface area contributed by atoms with Gasteiger partial charge in [-0.3, -0.25) is 0 Å². The van der Waals surface area contributed by atoms with Crippen LogP contribution in [0.4, 0.5) is 0 Å². The summed E-state index contributed by atoms with van der Waals surface area (Å²) >= 11 is 0. The van der Waals surface area contributed by atoms with Gasteiger partial charge in [0.2, 0.25) is 0 Å². The van der Waals surface area contributed by atoms with Crippen LogP contribution in [0.2, 0.25) is 18.1 Å². The van der Waals surface area contributed by atoms with E-state index in [0.29, 0.717) is 5.76 Å². The van der Waals surface area contributed by atoms with Crippen LogP contribution in [-0.4, -0.2) is 18.6 Å². The minimum Gasteiger partial charge on any atom is -0.512 e. The van der Waals surface area contributed by atoms with Crippen LogP contribution in [0, 0.1) is 5.92 Å². The zero-order valence-electron chi connectivity index (χ0n) is 12.0. The molecule has 0 heterocycles. The van der Waals surface area contributed by atoms with Crippen molar-refractivity contribution in [2.75, 3.05) is 0 Å². The van der Waals surface area contributed by atoms with Crippen LogP contribution in [0.5, 0.6) is 0 Å². The summed E-state index contributed by atoms with van der Waals surface area (Å²) in [5.74, 6) is 0.448. The molecule has 0 unspecified atom stereocenters. The molecule has 0 aliphatic heterocycles. The normalized spacial score (nSPS) is 13.2. The zero-order valence-corrected chi connectivity index (χ0v) is 13.0. The Kier molecular flexibility index (Phi) is 7.44. The fourth-order valence-electron chi connectivity index (χ4n) is 2.38. The minimum absolute atomic E-state index is 0.149. The predicted octanol–water partition coefficient (Wildman–Crippen LogP) is 4.48. The summed E-state index contributed by atoms with van der Waals surface area (Å²) in [6, 6.07) is 2.93. The number of carbonyl (C=O) groups excluding carboxylic acids is 1. The largest absolute Gasteiger partial charge is 0.512 e. The second-order valence-corrected chi connectivity index (χ2v) is 9.96. The molecule has 0 aliphatic rings. The van der Waals surface area contributed by atoms with Crippen molar-refractivity contribution in [1.82, 2.24) is 0 Å². The standard InChI is InChI=1S/C14H28O2Si/c1-6-12(7-2)13(15)11-14(16)17(8-3,9-4)10-5/h11-12,15H,6-10H2,1-5H3/b13-11-. The highest BCUT2D eigenvalue weighted by Crippen LogP contribution is 2.24. The maximum atomic E-state index is 12.3. The van der Waals surface area contributed by atoms with Gasteiger partial charge in [-0.25, -0.2) is 0 Å². The molecule has 0 aromatic carbocycles. The molecule has 0 aromatic rings. The van der Waals surface area contributed by atoms with Gasteiger partial charge in [-0.1, -0.05) is 52.8 Å². The van der Waals surface area contributed by atoms with E-state index in [2.05, 4.69) is 20.8 Å². The molecule has 17 heavy (non-hydrogen) atoms. The molecule has 2 nitrogen and oxygen atoms in total. The Bertz CT molecular complexity index is 255. The third-order valence-electron chi connectivity index (χ3n) is 4.24. The summed E-state index contributed by atoms with van der Waals surface area (Å²) in [6.07, 6.45) is 3.33. The van der Waals surface area contributed by atoms with Crippen molar-refractivity contribution in [2.45, 2.75) is 65.6 Å². The molecule has 0 aromatic heterocycles. The van der Waals surface area contributed by atoms with E-state index < -0.39 is 8.07 Å². The SMILES string of the molecule is CCC(CC)/C(O)=C/C(=O)[Si](CC)(CC)CC. The van der Waals surface area contributed by atoms with Crippen molar-refractivity contribution >= 4 is 13.5 Å². The van der Waals surface area contributed by atoms with Crippen LogP contribution >= 0.6 is 0 Å². The van der Waals surface area contributed by atoms with Crippen molar-refractivity contribution in [3.63, 3.8) is 0 Å². The van der Waals surface area contributed by atoms with E-state index in [4.69, 9.17) is 0 Å². The van der Waals surface area contributed by atoms with Gasteiger partial charge in [0, 0.05) is 12.0 Å². The Balaban J connectivity index is 4.98. The molecule has 1 N–H and O–H groups in total. The smallest absolute Gasteiger partial charge is 0.137 e. The number of allylic oxidation sites excluding steroid dienone is 2. The first kappa shape index (κ1) is 16.4. The fraction of sp³-hybridized carbons (Fsp3) is 0.786. The van der Waals surface area contributed by atoms with Crippen molar-refractivity contribution in [3.05, 3.63) is 11.8 Å². The van der Waals surface area contributed by atoms with Gasteiger partial charge in [0.05, 0.1) is 5.76 Å². The van der Waals surface area contributed by atoms with Crippen molar-refractivity contribution < 1.29 is 9.90 Å². The van der Waals surface area contributed by atoms with Crippen LogP contribution in [0.1, 0.15) is 47.5 Å². The van der Waals surface area contributed by atoms with E-state index >= 15 is 0 Å².